The molecule has 0 bridgehead atoms. The van der Waals surface area contributed by atoms with Gasteiger partial charge >= 0.3 is 0 Å². The van der Waals surface area contributed by atoms with Gasteiger partial charge in [-0.3, -0.25) is 14.5 Å². The normalized spacial score (nSPS) is 14.7. The van der Waals surface area contributed by atoms with Gasteiger partial charge in [0, 0.05) is 30.2 Å². The third kappa shape index (κ3) is 4.13. The number of carbonyl (C=O) groups excluding carboxylic acids is 2. The molecule has 0 fully saturated rings. The molecule has 4 rings (SSSR count). The summed E-state index contributed by atoms with van der Waals surface area (Å²) in [5.41, 5.74) is 3.26. The highest BCUT2D eigenvalue weighted by atomic mass is 35.5. The average molecular weight is 430 g/mol. The molecule has 3 aromatic rings. The molecule has 31 heavy (non-hydrogen) atoms. The zero-order valence-electron chi connectivity index (χ0n) is 17.1. The Labute approximate surface area is 185 Å². The molecule has 0 saturated carbocycles. The van der Waals surface area contributed by atoms with Gasteiger partial charge in [-0.2, -0.15) is 0 Å². The van der Waals surface area contributed by atoms with Crippen LogP contribution in [-0.4, -0.2) is 24.7 Å². The molecule has 0 spiro atoms. The minimum atomic E-state index is -0.244. The van der Waals surface area contributed by atoms with E-state index in [1.165, 1.54) is 6.92 Å². The van der Waals surface area contributed by atoms with Gasteiger partial charge < -0.3 is 4.90 Å². The summed E-state index contributed by atoms with van der Waals surface area (Å²) in [6, 6.07) is 24.1. The van der Waals surface area contributed by atoms with Crippen LogP contribution in [0.15, 0.2) is 89.6 Å². The van der Waals surface area contributed by atoms with Gasteiger partial charge in [0.25, 0.3) is 5.91 Å². The van der Waals surface area contributed by atoms with Gasteiger partial charge in [0.2, 0.25) is 5.91 Å². The zero-order chi connectivity index (χ0) is 22.0. The van der Waals surface area contributed by atoms with E-state index >= 15 is 0 Å². The number of aliphatic imine (C=N–C) groups is 1. The molecular weight excluding hydrogens is 410 g/mol. The summed E-state index contributed by atoms with van der Waals surface area (Å²) in [6.07, 6.45) is 1.70. The second-order valence-corrected chi connectivity index (χ2v) is 7.49. The van der Waals surface area contributed by atoms with E-state index in [-0.39, 0.29) is 11.8 Å². The molecule has 0 N–H and O–H groups in total. The lowest BCUT2D eigenvalue weighted by molar-refractivity contribution is -0.116. The smallest absolute Gasteiger partial charge is 0.282 e. The number of anilines is 2. The second kappa shape index (κ2) is 8.58. The van der Waals surface area contributed by atoms with Gasteiger partial charge in [-0.1, -0.05) is 60.1 Å². The summed E-state index contributed by atoms with van der Waals surface area (Å²) < 4.78 is 0. The number of hydrogen-bond donors (Lipinski definition) is 0. The molecule has 6 heteroatoms. The molecule has 0 unspecified atom stereocenters. The van der Waals surface area contributed by atoms with E-state index in [1.54, 1.807) is 29.0 Å². The first-order chi connectivity index (χ1) is 15.0. The Morgan fingerprint density at radius 3 is 2.26 bits per heavy atom. The summed E-state index contributed by atoms with van der Waals surface area (Å²) in [5, 5.41) is 0.550. The number of rotatable bonds is 4. The predicted octanol–water partition coefficient (Wildman–Crippen LogP) is 5.16. The molecule has 3 aromatic carbocycles. The predicted molar refractivity (Wildman–Crippen MR) is 125 cm³/mol. The number of amides is 2. The number of nitrogens with zero attached hydrogens (tertiary/aromatic N) is 3. The van der Waals surface area contributed by atoms with E-state index < -0.39 is 0 Å². The highest BCUT2D eigenvalue weighted by Crippen LogP contribution is 2.30. The standard InChI is InChI=1S/C25H20ClN3O2/c1-17(30)28(2)20-12-14-21(15-13-20)29-24(18-8-4-3-5-9-18)27-23(25(29)31)16-19-10-6-7-11-22(19)26/h3-16H,1-2H3. The molecule has 5 nitrogen and oxygen atoms in total. The van der Waals surface area contributed by atoms with Crippen LogP contribution in [0.5, 0.6) is 0 Å². The van der Waals surface area contributed by atoms with Crippen LogP contribution in [0.3, 0.4) is 0 Å². The number of carbonyl (C=O) groups is 2. The highest BCUT2D eigenvalue weighted by molar-refractivity contribution is 6.34. The lowest BCUT2D eigenvalue weighted by Crippen LogP contribution is -2.32. The Morgan fingerprint density at radius 1 is 0.968 bits per heavy atom. The number of amidine groups is 1. The summed E-state index contributed by atoms with van der Waals surface area (Å²) in [6.45, 7) is 1.50. The van der Waals surface area contributed by atoms with Gasteiger partial charge in [-0.05, 0) is 42.0 Å². The Hall–Kier alpha value is -3.70. The van der Waals surface area contributed by atoms with Crippen molar-refractivity contribution in [2.24, 2.45) is 4.99 Å². The highest BCUT2D eigenvalue weighted by Gasteiger charge is 2.32. The molecule has 154 valence electrons. The van der Waals surface area contributed by atoms with Gasteiger partial charge in [-0.15, -0.1) is 0 Å². The van der Waals surface area contributed by atoms with Gasteiger partial charge in [0.05, 0.1) is 5.69 Å². The maximum absolute atomic E-state index is 13.4. The van der Waals surface area contributed by atoms with Crippen LogP contribution in [0.1, 0.15) is 18.1 Å². The summed E-state index contributed by atoms with van der Waals surface area (Å²) >= 11 is 6.28. The largest absolute Gasteiger partial charge is 0.316 e. The molecule has 1 aliphatic rings. The van der Waals surface area contributed by atoms with Crippen LogP contribution >= 0.6 is 11.6 Å². The SMILES string of the molecule is CC(=O)N(C)c1ccc(N2C(=O)C(=Cc3ccccc3Cl)N=C2c2ccccc2)cc1. The number of benzene rings is 3. The number of hydrogen-bond acceptors (Lipinski definition) is 3. The van der Waals surface area contributed by atoms with Gasteiger partial charge in [0.15, 0.2) is 0 Å². The van der Waals surface area contributed by atoms with Crippen molar-refractivity contribution < 1.29 is 9.59 Å². The summed E-state index contributed by atoms with van der Waals surface area (Å²) in [7, 11) is 1.71. The van der Waals surface area contributed by atoms with Crippen molar-refractivity contribution >= 4 is 46.7 Å². The molecule has 0 aliphatic carbocycles. The van der Waals surface area contributed by atoms with E-state index in [0.29, 0.717) is 22.2 Å². The molecule has 2 amide bonds. The van der Waals surface area contributed by atoms with Crippen LogP contribution in [0.4, 0.5) is 11.4 Å². The Kier molecular flexibility index (Phi) is 5.69. The topological polar surface area (TPSA) is 53.0 Å². The fraction of sp³-hybridized carbons (Fsp3) is 0.0800. The molecule has 1 aliphatic heterocycles. The van der Waals surface area contributed by atoms with Crippen LogP contribution in [0, 0.1) is 0 Å². The molecular formula is C25H20ClN3O2. The number of halogens is 1. The molecule has 1 heterocycles. The van der Waals surface area contributed by atoms with Crippen LogP contribution < -0.4 is 9.80 Å². The molecule has 0 saturated heterocycles. The fourth-order valence-electron chi connectivity index (χ4n) is 3.28. The van der Waals surface area contributed by atoms with Crippen LogP contribution in [-0.2, 0) is 9.59 Å². The zero-order valence-corrected chi connectivity index (χ0v) is 17.9. The first kappa shape index (κ1) is 20.6. The third-order valence-electron chi connectivity index (χ3n) is 5.06. The minimum absolute atomic E-state index is 0.0681. The van der Waals surface area contributed by atoms with Crippen molar-refractivity contribution in [3.63, 3.8) is 0 Å². The quantitative estimate of drug-likeness (QED) is 0.538. The Bertz CT molecular complexity index is 1200. The fourth-order valence-corrected chi connectivity index (χ4v) is 3.47. The van der Waals surface area contributed by atoms with Crippen molar-refractivity contribution in [3.8, 4) is 0 Å². The monoisotopic (exact) mass is 429 g/mol. The second-order valence-electron chi connectivity index (χ2n) is 7.09. The van der Waals surface area contributed by atoms with Crippen LogP contribution in [0.25, 0.3) is 6.08 Å². The maximum Gasteiger partial charge on any atom is 0.282 e. The van der Waals surface area contributed by atoms with Gasteiger partial charge in [-0.25, -0.2) is 4.99 Å². The van der Waals surface area contributed by atoms with E-state index in [4.69, 9.17) is 11.6 Å². The minimum Gasteiger partial charge on any atom is -0.316 e. The third-order valence-corrected chi connectivity index (χ3v) is 5.40. The van der Waals surface area contributed by atoms with Crippen molar-refractivity contribution in [2.45, 2.75) is 6.92 Å². The molecule has 0 radical (unpaired) electrons. The van der Waals surface area contributed by atoms with Gasteiger partial charge in [0.1, 0.15) is 11.5 Å². The lowest BCUT2D eigenvalue weighted by Gasteiger charge is -2.20. The first-order valence-corrected chi connectivity index (χ1v) is 10.1. The van der Waals surface area contributed by atoms with Crippen molar-refractivity contribution in [3.05, 3.63) is 101 Å². The Morgan fingerprint density at radius 2 is 1.61 bits per heavy atom. The lowest BCUT2D eigenvalue weighted by atomic mass is 10.1. The van der Waals surface area contributed by atoms with E-state index in [0.717, 1.165) is 16.8 Å². The maximum atomic E-state index is 13.4. The van der Waals surface area contributed by atoms with E-state index in [9.17, 15) is 9.59 Å². The van der Waals surface area contributed by atoms with Crippen LogP contribution in [0.2, 0.25) is 5.02 Å². The molecule has 0 atom stereocenters. The molecule has 0 aromatic heterocycles. The first-order valence-electron chi connectivity index (χ1n) is 9.75. The average Bonchev–Trinajstić information content (AvgIpc) is 3.11. The Balaban J connectivity index is 1.77. The van der Waals surface area contributed by atoms with Crippen molar-refractivity contribution in [1.82, 2.24) is 0 Å². The van der Waals surface area contributed by atoms with Crippen molar-refractivity contribution in [2.75, 3.05) is 16.8 Å². The summed E-state index contributed by atoms with van der Waals surface area (Å²) in [5.74, 6) is 0.226. The van der Waals surface area contributed by atoms with Crippen molar-refractivity contribution in [1.29, 1.82) is 0 Å². The van der Waals surface area contributed by atoms with E-state index in [1.807, 2.05) is 72.8 Å². The van der Waals surface area contributed by atoms with E-state index in [2.05, 4.69) is 4.99 Å². The summed E-state index contributed by atoms with van der Waals surface area (Å²) in [4.78, 5) is 32.8.